The van der Waals surface area contributed by atoms with Gasteiger partial charge in [-0.3, -0.25) is 0 Å². The molecule has 0 radical (unpaired) electrons. The molecule has 0 heterocycles. The fraction of sp³-hybridized carbons (Fsp3) is 0.733. The van der Waals surface area contributed by atoms with Crippen molar-refractivity contribution in [1.29, 1.82) is 0 Å². The highest BCUT2D eigenvalue weighted by atomic mass is 16.5. The van der Waals surface area contributed by atoms with Crippen LogP contribution in [0.2, 0.25) is 0 Å². The van der Waals surface area contributed by atoms with E-state index in [2.05, 4.69) is 31.7 Å². The molecule has 0 aromatic heterocycles. The SMILES string of the molecule is C=CCCCCCCCCCC1C[C@H]2[C@@H]3CCc4cc(OC)ccc4[C@H]3CC[C@]2(C)[C@H]1O. The molecule has 1 N–H and O–H groups in total. The molecule has 0 amide bonds. The number of benzene rings is 1. The van der Waals surface area contributed by atoms with Crippen molar-refractivity contribution < 1.29 is 9.84 Å². The maximum absolute atomic E-state index is 11.4. The monoisotopic (exact) mass is 438 g/mol. The number of aliphatic hydroxyl groups is 1. The van der Waals surface area contributed by atoms with Crippen LogP contribution in [0.25, 0.3) is 0 Å². The van der Waals surface area contributed by atoms with Gasteiger partial charge in [-0.15, -0.1) is 6.58 Å². The summed E-state index contributed by atoms with van der Waals surface area (Å²) in [5.41, 5.74) is 3.23. The summed E-state index contributed by atoms with van der Waals surface area (Å²) in [7, 11) is 1.77. The number of allylic oxidation sites excluding steroid dienone is 1. The Hall–Kier alpha value is -1.28. The Labute approximate surface area is 196 Å². The van der Waals surface area contributed by atoms with E-state index in [1.54, 1.807) is 12.7 Å². The van der Waals surface area contributed by atoms with E-state index in [-0.39, 0.29) is 11.5 Å². The Balaban J connectivity index is 1.30. The molecular formula is C30H46O2. The topological polar surface area (TPSA) is 29.5 Å². The molecule has 1 unspecified atom stereocenters. The molecule has 4 rings (SSSR count). The molecule has 2 saturated carbocycles. The van der Waals surface area contributed by atoms with E-state index in [1.165, 1.54) is 95.5 Å². The molecule has 0 spiro atoms. The van der Waals surface area contributed by atoms with Gasteiger partial charge < -0.3 is 9.84 Å². The summed E-state index contributed by atoms with van der Waals surface area (Å²) in [6.45, 7) is 6.23. The predicted molar refractivity (Wildman–Crippen MR) is 134 cm³/mol. The molecule has 1 aromatic rings. The highest BCUT2D eigenvalue weighted by Crippen LogP contribution is 2.62. The summed E-state index contributed by atoms with van der Waals surface area (Å²) >= 11 is 0. The van der Waals surface area contributed by atoms with Crippen molar-refractivity contribution in [3.05, 3.63) is 42.0 Å². The van der Waals surface area contributed by atoms with Gasteiger partial charge in [0.15, 0.2) is 0 Å². The zero-order chi connectivity index (χ0) is 22.6. The maximum Gasteiger partial charge on any atom is 0.119 e. The first kappa shape index (κ1) is 23.9. The first-order valence-electron chi connectivity index (χ1n) is 13.5. The average Bonchev–Trinajstić information content (AvgIpc) is 3.07. The third-order valence-corrected chi connectivity index (χ3v) is 9.53. The second-order valence-corrected chi connectivity index (χ2v) is 11.3. The average molecular weight is 439 g/mol. The number of aryl methyl sites for hydroxylation is 1. The van der Waals surface area contributed by atoms with E-state index in [1.807, 2.05) is 6.08 Å². The molecule has 2 heteroatoms. The first-order chi connectivity index (χ1) is 15.6. The van der Waals surface area contributed by atoms with E-state index in [0.29, 0.717) is 17.8 Å². The van der Waals surface area contributed by atoms with Gasteiger partial charge in [-0.1, -0.05) is 57.6 Å². The molecule has 0 aliphatic heterocycles. The Kier molecular flexibility index (Phi) is 8.03. The Morgan fingerprint density at radius 2 is 1.84 bits per heavy atom. The second-order valence-electron chi connectivity index (χ2n) is 11.3. The molecule has 0 saturated heterocycles. The van der Waals surface area contributed by atoms with Gasteiger partial charge in [-0.25, -0.2) is 0 Å². The van der Waals surface area contributed by atoms with Crippen LogP contribution in [0.3, 0.4) is 0 Å². The van der Waals surface area contributed by atoms with Crippen molar-refractivity contribution in [2.24, 2.45) is 23.2 Å². The van der Waals surface area contributed by atoms with Crippen LogP contribution in [0.4, 0.5) is 0 Å². The number of ether oxygens (including phenoxy) is 1. The summed E-state index contributed by atoms with van der Waals surface area (Å²) in [4.78, 5) is 0. The molecule has 2 fully saturated rings. The lowest BCUT2D eigenvalue weighted by Gasteiger charge is -2.50. The number of rotatable bonds is 11. The van der Waals surface area contributed by atoms with Gasteiger partial charge >= 0.3 is 0 Å². The van der Waals surface area contributed by atoms with E-state index < -0.39 is 0 Å². The van der Waals surface area contributed by atoms with Gasteiger partial charge in [-0.2, -0.15) is 0 Å². The Morgan fingerprint density at radius 3 is 2.59 bits per heavy atom. The van der Waals surface area contributed by atoms with Gasteiger partial charge in [0.1, 0.15) is 5.75 Å². The zero-order valence-corrected chi connectivity index (χ0v) is 20.7. The molecule has 32 heavy (non-hydrogen) atoms. The van der Waals surface area contributed by atoms with Crippen LogP contribution >= 0.6 is 0 Å². The fourth-order valence-electron chi connectivity index (χ4n) is 7.69. The Bertz CT molecular complexity index is 755. The molecule has 1 aromatic carbocycles. The van der Waals surface area contributed by atoms with Crippen molar-refractivity contribution in [2.75, 3.05) is 7.11 Å². The number of methoxy groups -OCH3 is 1. The fourth-order valence-corrected chi connectivity index (χ4v) is 7.69. The maximum atomic E-state index is 11.4. The van der Waals surface area contributed by atoms with Gasteiger partial charge in [0.2, 0.25) is 0 Å². The van der Waals surface area contributed by atoms with Crippen molar-refractivity contribution in [2.45, 2.75) is 109 Å². The summed E-state index contributed by atoms with van der Waals surface area (Å²) < 4.78 is 5.48. The summed E-state index contributed by atoms with van der Waals surface area (Å²) in [6, 6.07) is 6.76. The van der Waals surface area contributed by atoms with E-state index >= 15 is 0 Å². The van der Waals surface area contributed by atoms with Crippen molar-refractivity contribution in [3.8, 4) is 5.75 Å². The van der Waals surface area contributed by atoms with E-state index in [4.69, 9.17) is 4.74 Å². The van der Waals surface area contributed by atoms with Crippen molar-refractivity contribution in [1.82, 2.24) is 0 Å². The van der Waals surface area contributed by atoms with Crippen LogP contribution in [-0.4, -0.2) is 18.3 Å². The van der Waals surface area contributed by atoms with E-state index in [9.17, 15) is 5.11 Å². The Morgan fingerprint density at radius 1 is 1.09 bits per heavy atom. The molecular weight excluding hydrogens is 392 g/mol. The lowest BCUT2D eigenvalue weighted by Crippen LogP contribution is -2.44. The largest absolute Gasteiger partial charge is 0.497 e. The minimum absolute atomic E-state index is 0.0929. The predicted octanol–water partition coefficient (Wildman–Crippen LogP) is 7.84. The minimum atomic E-state index is -0.0929. The van der Waals surface area contributed by atoms with Gasteiger partial charge in [0.05, 0.1) is 13.2 Å². The lowest BCUT2D eigenvalue weighted by molar-refractivity contribution is -0.0335. The molecule has 3 aliphatic carbocycles. The molecule has 178 valence electrons. The van der Waals surface area contributed by atoms with Gasteiger partial charge in [0.25, 0.3) is 0 Å². The smallest absolute Gasteiger partial charge is 0.119 e. The molecule has 6 atom stereocenters. The van der Waals surface area contributed by atoms with Gasteiger partial charge in [0, 0.05) is 0 Å². The number of fused-ring (bicyclic) bond motifs is 5. The van der Waals surface area contributed by atoms with Crippen LogP contribution in [0.15, 0.2) is 30.9 Å². The lowest BCUT2D eigenvalue weighted by atomic mass is 9.55. The van der Waals surface area contributed by atoms with Crippen LogP contribution in [0.5, 0.6) is 5.75 Å². The molecule has 3 aliphatic rings. The summed E-state index contributed by atoms with van der Waals surface area (Å²) in [6.07, 6.45) is 19.9. The number of hydrogen-bond donors (Lipinski definition) is 1. The van der Waals surface area contributed by atoms with E-state index in [0.717, 1.165) is 11.7 Å². The second kappa shape index (κ2) is 10.8. The highest BCUT2D eigenvalue weighted by molar-refractivity contribution is 5.40. The molecule has 2 nitrogen and oxygen atoms in total. The summed E-state index contributed by atoms with van der Waals surface area (Å²) in [5, 5.41) is 11.4. The quantitative estimate of drug-likeness (QED) is 0.282. The number of unbranched alkanes of at least 4 members (excludes halogenated alkanes) is 7. The van der Waals surface area contributed by atoms with Gasteiger partial charge in [-0.05, 0) is 104 Å². The van der Waals surface area contributed by atoms with Crippen LogP contribution in [0, 0.1) is 23.2 Å². The third kappa shape index (κ3) is 4.81. The zero-order valence-electron chi connectivity index (χ0n) is 20.7. The minimum Gasteiger partial charge on any atom is -0.497 e. The van der Waals surface area contributed by atoms with Crippen LogP contribution in [-0.2, 0) is 6.42 Å². The van der Waals surface area contributed by atoms with Crippen LogP contribution in [0.1, 0.15) is 107 Å². The van der Waals surface area contributed by atoms with Crippen molar-refractivity contribution in [3.63, 3.8) is 0 Å². The first-order valence-corrected chi connectivity index (χ1v) is 13.5. The normalized spacial score (nSPS) is 33.3. The van der Waals surface area contributed by atoms with Crippen molar-refractivity contribution >= 4 is 0 Å². The molecule has 0 bridgehead atoms. The number of aliphatic hydroxyl groups excluding tert-OH is 1. The number of hydrogen-bond acceptors (Lipinski definition) is 2. The third-order valence-electron chi connectivity index (χ3n) is 9.53. The van der Waals surface area contributed by atoms with Crippen LogP contribution < -0.4 is 4.74 Å². The highest BCUT2D eigenvalue weighted by Gasteiger charge is 2.57. The standard InChI is InChI=1S/C30H46O2/c1-4-5-6-7-8-9-10-11-12-13-23-21-28-27-16-14-22-20-24(32-3)15-17-25(22)26(27)18-19-30(28,2)29(23)31/h4,15,17,20,23,26-29,31H,1,5-14,16,18-19,21H2,2-3H3/t23?,26-,27-,28+,29+,30+/m1/s1. The summed E-state index contributed by atoms with van der Waals surface area (Å²) in [5.74, 6) is 3.66.